The van der Waals surface area contributed by atoms with Crippen LogP contribution >= 0.6 is 0 Å². The average molecular weight is 269 g/mol. The van der Waals surface area contributed by atoms with E-state index < -0.39 is 15.8 Å². The lowest BCUT2D eigenvalue weighted by molar-refractivity contribution is 0.390. The van der Waals surface area contributed by atoms with Crippen molar-refractivity contribution in [2.45, 2.75) is 36.6 Å². The van der Waals surface area contributed by atoms with Gasteiger partial charge in [0.25, 0.3) is 0 Å². The molecule has 2 fully saturated rings. The summed E-state index contributed by atoms with van der Waals surface area (Å²) in [5.74, 6) is 0.759. The fraction of sp³-hybridized carbons (Fsp3) is 0.538. The van der Waals surface area contributed by atoms with Crippen molar-refractivity contribution >= 4 is 10.0 Å². The van der Waals surface area contributed by atoms with Crippen LogP contribution in [0.3, 0.4) is 0 Å². The van der Waals surface area contributed by atoms with E-state index >= 15 is 0 Å². The molecular weight excluding hydrogens is 253 g/mol. The van der Waals surface area contributed by atoms with Crippen molar-refractivity contribution < 1.29 is 12.8 Å². The maximum atomic E-state index is 12.8. The zero-order valence-electron chi connectivity index (χ0n) is 9.97. The molecule has 3 rings (SSSR count). The second-order valence-electron chi connectivity index (χ2n) is 5.36. The van der Waals surface area contributed by atoms with Gasteiger partial charge < -0.3 is 0 Å². The Balaban J connectivity index is 1.77. The number of sulfonamides is 1. The van der Waals surface area contributed by atoms with Crippen LogP contribution in [0, 0.1) is 17.7 Å². The van der Waals surface area contributed by atoms with Gasteiger partial charge in [-0.25, -0.2) is 17.5 Å². The Labute approximate surface area is 106 Å². The zero-order valence-corrected chi connectivity index (χ0v) is 10.8. The number of hydrogen-bond donors (Lipinski definition) is 1. The Hall–Kier alpha value is -0.940. The predicted octanol–water partition coefficient (Wildman–Crippen LogP) is 2.29. The number of fused-ring (bicyclic) bond motifs is 2. The van der Waals surface area contributed by atoms with Crippen LogP contribution in [-0.2, 0) is 10.0 Å². The van der Waals surface area contributed by atoms with E-state index in [1.54, 1.807) is 0 Å². The molecule has 0 heterocycles. The molecule has 98 valence electrons. The van der Waals surface area contributed by atoms with Crippen molar-refractivity contribution in [2.24, 2.45) is 11.8 Å². The first-order valence-corrected chi connectivity index (χ1v) is 7.81. The first-order chi connectivity index (χ1) is 8.54. The van der Waals surface area contributed by atoms with Crippen molar-refractivity contribution in [3.05, 3.63) is 30.1 Å². The summed E-state index contributed by atoms with van der Waals surface area (Å²) >= 11 is 0. The van der Waals surface area contributed by atoms with E-state index in [9.17, 15) is 12.8 Å². The normalized spacial score (nSPS) is 30.8. The number of rotatable bonds is 3. The molecule has 0 saturated heterocycles. The molecule has 3 nitrogen and oxygen atoms in total. The van der Waals surface area contributed by atoms with Crippen LogP contribution in [0.4, 0.5) is 4.39 Å². The van der Waals surface area contributed by atoms with Crippen molar-refractivity contribution in [3.8, 4) is 0 Å². The molecule has 2 aliphatic rings. The number of hydrogen-bond acceptors (Lipinski definition) is 2. The summed E-state index contributed by atoms with van der Waals surface area (Å²) in [7, 11) is -3.50. The van der Waals surface area contributed by atoms with Gasteiger partial charge in [-0.15, -0.1) is 0 Å². The maximum Gasteiger partial charge on any atom is 0.240 e. The first kappa shape index (κ1) is 12.1. The van der Waals surface area contributed by atoms with Crippen LogP contribution in [0.5, 0.6) is 0 Å². The van der Waals surface area contributed by atoms with Crippen molar-refractivity contribution in [2.75, 3.05) is 0 Å². The topological polar surface area (TPSA) is 46.2 Å². The van der Waals surface area contributed by atoms with Crippen molar-refractivity contribution in [1.29, 1.82) is 0 Å². The van der Waals surface area contributed by atoms with Crippen LogP contribution in [-0.4, -0.2) is 14.5 Å². The van der Waals surface area contributed by atoms with E-state index in [4.69, 9.17) is 0 Å². The summed E-state index contributed by atoms with van der Waals surface area (Å²) in [6.07, 6.45) is 4.46. The monoisotopic (exact) mass is 269 g/mol. The lowest BCUT2D eigenvalue weighted by atomic mass is 9.96. The molecule has 1 N–H and O–H groups in total. The second kappa shape index (κ2) is 4.31. The van der Waals surface area contributed by atoms with Crippen LogP contribution in [0.2, 0.25) is 0 Å². The number of halogens is 1. The van der Waals surface area contributed by atoms with Gasteiger partial charge in [0, 0.05) is 6.04 Å². The lowest BCUT2D eigenvalue weighted by Crippen LogP contribution is -2.38. The van der Waals surface area contributed by atoms with Crippen molar-refractivity contribution in [1.82, 2.24) is 4.72 Å². The lowest BCUT2D eigenvalue weighted by Gasteiger charge is -2.22. The Kier molecular flexibility index (Phi) is 2.90. The van der Waals surface area contributed by atoms with E-state index in [1.165, 1.54) is 30.7 Å². The SMILES string of the molecule is O=S(=O)(N[C@@H]1C[C@@H]2CC[C@H]1C2)c1ccc(F)cc1. The van der Waals surface area contributed by atoms with E-state index in [2.05, 4.69) is 4.72 Å². The molecule has 18 heavy (non-hydrogen) atoms. The molecule has 0 unspecified atom stereocenters. The molecule has 2 bridgehead atoms. The fourth-order valence-electron chi connectivity index (χ4n) is 3.27. The highest BCUT2D eigenvalue weighted by Crippen LogP contribution is 2.44. The standard InChI is InChI=1S/C13H16FNO2S/c14-11-3-5-12(6-4-11)18(16,17)15-13-8-9-1-2-10(13)7-9/h3-6,9-10,13,15H,1-2,7-8H2/t9-,10+,13-/m1/s1. The van der Waals surface area contributed by atoms with E-state index in [-0.39, 0.29) is 10.9 Å². The molecule has 0 aromatic heterocycles. The highest BCUT2D eigenvalue weighted by molar-refractivity contribution is 7.89. The molecule has 5 heteroatoms. The minimum absolute atomic E-state index is 0.0683. The van der Waals surface area contributed by atoms with Gasteiger partial charge in [-0.1, -0.05) is 6.42 Å². The maximum absolute atomic E-state index is 12.8. The minimum atomic E-state index is -3.50. The quantitative estimate of drug-likeness (QED) is 0.915. The van der Waals surface area contributed by atoms with Gasteiger partial charge in [-0.2, -0.15) is 0 Å². The van der Waals surface area contributed by atoms with Gasteiger partial charge in [0.15, 0.2) is 0 Å². The van der Waals surface area contributed by atoms with Gasteiger partial charge in [0.1, 0.15) is 5.82 Å². The van der Waals surface area contributed by atoms with Gasteiger partial charge in [-0.05, 0) is 55.4 Å². The second-order valence-corrected chi connectivity index (χ2v) is 7.07. The summed E-state index contributed by atoms with van der Waals surface area (Å²) in [5.41, 5.74) is 0. The number of nitrogens with one attached hydrogen (secondary N) is 1. The molecule has 1 aromatic rings. The smallest absolute Gasteiger partial charge is 0.208 e. The van der Waals surface area contributed by atoms with Gasteiger partial charge in [-0.3, -0.25) is 0 Å². The molecule has 2 aliphatic carbocycles. The minimum Gasteiger partial charge on any atom is -0.208 e. The molecule has 0 radical (unpaired) electrons. The summed E-state index contributed by atoms with van der Waals surface area (Å²) in [6.45, 7) is 0. The Morgan fingerprint density at radius 1 is 1.11 bits per heavy atom. The van der Waals surface area contributed by atoms with Gasteiger partial charge in [0.2, 0.25) is 10.0 Å². The third-order valence-corrected chi connectivity index (χ3v) is 5.67. The molecule has 0 aliphatic heterocycles. The van der Waals surface area contributed by atoms with Crippen molar-refractivity contribution in [3.63, 3.8) is 0 Å². The third kappa shape index (κ3) is 2.17. The molecule has 0 amide bonds. The average Bonchev–Trinajstić information content (AvgIpc) is 2.91. The van der Waals surface area contributed by atoms with Gasteiger partial charge in [0.05, 0.1) is 4.90 Å². The first-order valence-electron chi connectivity index (χ1n) is 6.32. The summed E-state index contributed by atoms with van der Waals surface area (Å²) in [5, 5.41) is 0. The van der Waals surface area contributed by atoms with Gasteiger partial charge >= 0.3 is 0 Å². The fourth-order valence-corrected chi connectivity index (χ4v) is 4.59. The predicted molar refractivity (Wildman–Crippen MR) is 66.0 cm³/mol. The third-order valence-electron chi connectivity index (χ3n) is 4.17. The Bertz CT molecular complexity index is 541. The molecule has 3 atom stereocenters. The highest BCUT2D eigenvalue weighted by Gasteiger charge is 2.41. The number of benzene rings is 1. The summed E-state index contributed by atoms with van der Waals surface area (Å²) in [6, 6.07) is 5.04. The van der Waals surface area contributed by atoms with E-state index in [1.807, 2.05) is 0 Å². The summed E-state index contributed by atoms with van der Waals surface area (Å²) < 4.78 is 39.8. The largest absolute Gasteiger partial charge is 0.240 e. The summed E-state index contributed by atoms with van der Waals surface area (Å²) in [4.78, 5) is 0.145. The molecule has 1 aromatic carbocycles. The molecular formula is C13H16FNO2S. The highest BCUT2D eigenvalue weighted by atomic mass is 32.2. The Morgan fingerprint density at radius 2 is 1.83 bits per heavy atom. The van der Waals surface area contributed by atoms with E-state index in [0.717, 1.165) is 19.3 Å². The van der Waals surface area contributed by atoms with Crippen LogP contribution in [0.15, 0.2) is 29.2 Å². The van der Waals surface area contributed by atoms with E-state index in [0.29, 0.717) is 11.8 Å². The van der Waals surface area contributed by atoms with Crippen LogP contribution in [0.25, 0.3) is 0 Å². The zero-order chi connectivity index (χ0) is 12.8. The molecule has 2 saturated carbocycles. The van der Waals surface area contributed by atoms with Crippen LogP contribution < -0.4 is 4.72 Å². The Morgan fingerprint density at radius 3 is 2.39 bits per heavy atom. The molecule has 0 spiro atoms. The van der Waals surface area contributed by atoms with Crippen LogP contribution in [0.1, 0.15) is 25.7 Å².